The zero-order chi connectivity index (χ0) is 59.2. The molecular weight excluding hydrogens is 1080 g/mol. The van der Waals surface area contributed by atoms with Gasteiger partial charge < -0.3 is 69.5 Å². The summed E-state index contributed by atoms with van der Waals surface area (Å²) >= 11 is 2.30. The van der Waals surface area contributed by atoms with E-state index in [1.54, 1.807) is 41.5 Å². The number of benzene rings is 1. The molecule has 0 aliphatic carbocycles. The Labute approximate surface area is 464 Å². The van der Waals surface area contributed by atoms with Gasteiger partial charge in [-0.15, -0.1) is 15.6 Å². The van der Waals surface area contributed by atoms with Crippen LogP contribution in [0.3, 0.4) is 0 Å². The Morgan fingerprint density at radius 2 is 1.31 bits per heavy atom. The minimum atomic E-state index is -5.11. The van der Waals surface area contributed by atoms with Gasteiger partial charge in [-0.05, 0) is 107 Å². The van der Waals surface area contributed by atoms with Gasteiger partial charge in [0.15, 0.2) is 5.96 Å². The Bertz CT molecular complexity index is 2380. The van der Waals surface area contributed by atoms with Crippen LogP contribution in [0, 0.1) is 17.8 Å². The Balaban J connectivity index is 2.40. The third kappa shape index (κ3) is 23.3. The smallest absolute Gasteiger partial charge is 0.332 e. The number of carboxylic acids is 1. The predicted molar refractivity (Wildman–Crippen MR) is 293 cm³/mol. The van der Waals surface area contributed by atoms with Gasteiger partial charge in [-0.3, -0.25) is 43.3 Å². The van der Waals surface area contributed by atoms with Crippen LogP contribution in [-0.2, 0) is 53.4 Å². The molecule has 29 heteroatoms. The molecule has 1 aromatic carbocycles. The highest BCUT2D eigenvalue weighted by molar-refractivity contribution is 7.99. The van der Waals surface area contributed by atoms with Gasteiger partial charge >= 0.3 is 16.2 Å². The number of amides is 8. The molecule has 15 N–H and O–H groups in total. The second-order valence-electron chi connectivity index (χ2n) is 20.3. The van der Waals surface area contributed by atoms with Crippen molar-refractivity contribution in [3.8, 4) is 0 Å². The molecule has 25 nitrogen and oxygen atoms in total. The van der Waals surface area contributed by atoms with Gasteiger partial charge in [-0.2, -0.15) is 20.2 Å². The molecule has 8 amide bonds. The zero-order valence-electron chi connectivity index (χ0n) is 45.7. The van der Waals surface area contributed by atoms with Crippen LogP contribution in [-0.4, -0.2) is 174 Å². The molecule has 0 radical (unpaired) electrons. The molecule has 1 aliphatic heterocycles. The highest BCUT2D eigenvalue weighted by Crippen LogP contribution is 2.24. The molecule has 0 unspecified atom stereocenters. The first-order valence-electron chi connectivity index (χ1n) is 25.7. The van der Waals surface area contributed by atoms with Crippen molar-refractivity contribution in [1.82, 2.24) is 42.1 Å². The minimum Gasteiger partial charge on any atom is -0.480 e. The van der Waals surface area contributed by atoms with E-state index in [1.807, 2.05) is 6.26 Å². The molecule has 0 saturated carbocycles. The topological polar surface area (TPSA) is 406 Å². The molecule has 1 heterocycles. The Kier molecular flexibility index (Phi) is 28.9. The van der Waals surface area contributed by atoms with Crippen molar-refractivity contribution in [2.45, 2.75) is 171 Å². The van der Waals surface area contributed by atoms with E-state index in [1.165, 1.54) is 42.6 Å². The number of aliphatic imine (C=N–C) groups is 1. The summed E-state index contributed by atoms with van der Waals surface area (Å²) in [5.74, 6) is -8.54. The van der Waals surface area contributed by atoms with Crippen molar-refractivity contribution >= 4 is 92.9 Å². The summed E-state index contributed by atoms with van der Waals surface area (Å²) in [7, 11) is -5.11. The van der Waals surface area contributed by atoms with E-state index in [4.69, 9.17) is 17.2 Å². The number of nitrogens with two attached hydrogens (primary N) is 3. The number of nitrogens with one attached hydrogen (secondary N) is 7. The second-order valence-corrected chi connectivity index (χ2v) is 23.7. The number of aliphatic hydroxyl groups excluding tert-OH is 1. The summed E-state index contributed by atoms with van der Waals surface area (Å²) in [6, 6.07) is -6.96. The number of aliphatic hydroxyl groups is 1. The maximum absolute atomic E-state index is 14.2. The highest BCUT2D eigenvalue weighted by Gasteiger charge is 2.40. The van der Waals surface area contributed by atoms with E-state index in [9.17, 15) is 65.7 Å². The van der Waals surface area contributed by atoms with E-state index in [0.29, 0.717) is 12.2 Å². The fourth-order valence-electron chi connectivity index (χ4n) is 7.98. The third-order valence-electron chi connectivity index (χ3n) is 12.3. The SMILES string of the molecule is CSCC[C@H](NC(=O)[C@@H](N)C(C)C)C(=O)N[C@@H](C)C(=O)N1CCC[C@H]1C(=O)N[C@@H](CCCN=C(N)N)C(=O)N[C@H](C(=O)N[C@@H](CC(C)C)C(=O)N[C@@H](CSc1cccc(S(=O)(=O)F)c1)C(=O)N[C@@H](CC(C)C)C(=O)O)[C@@H](C)O. The number of carbonyl (C=O) groups is 9. The average Bonchev–Trinajstić information content (AvgIpc) is 3.85. The van der Waals surface area contributed by atoms with Gasteiger partial charge in [0.05, 0.1) is 17.0 Å². The lowest BCUT2D eigenvalue weighted by Crippen LogP contribution is -2.62. The highest BCUT2D eigenvalue weighted by atomic mass is 32.3. The molecule has 2 rings (SSSR count). The summed E-state index contributed by atoms with van der Waals surface area (Å²) < 4.78 is 37.1. The Morgan fingerprint density at radius 1 is 0.756 bits per heavy atom. The van der Waals surface area contributed by atoms with E-state index in [0.717, 1.165) is 23.9 Å². The van der Waals surface area contributed by atoms with Gasteiger partial charge in [-0.25, -0.2) is 4.79 Å². The lowest BCUT2D eigenvalue weighted by molar-refractivity contribution is -0.142. The van der Waals surface area contributed by atoms with Crippen LogP contribution < -0.4 is 54.4 Å². The molecule has 0 spiro atoms. The zero-order valence-corrected chi connectivity index (χ0v) is 48.2. The normalized spacial score (nSPS) is 17.0. The second kappa shape index (κ2) is 33.0. The van der Waals surface area contributed by atoms with Crippen LogP contribution in [0.5, 0.6) is 0 Å². The fraction of sp³-hybridized carbons (Fsp3) is 0.673. The van der Waals surface area contributed by atoms with E-state index in [2.05, 4.69) is 42.2 Å². The predicted octanol–water partition coefficient (Wildman–Crippen LogP) is -0.811. The molecule has 0 bridgehead atoms. The van der Waals surface area contributed by atoms with Crippen LogP contribution in [0.1, 0.15) is 100 Å². The summed E-state index contributed by atoms with van der Waals surface area (Å²) in [6.45, 7) is 13.2. The molecule has 1 fully saturated rings. The number of halogens is 1. The van der Waals surface area contributed by atoms with Crippen LogP contribution in [0.15, 0.2) is 39.0 Å². The minimum absolute atomic E-state index is 0.0134. The number of likely N-dealkylation sites (tertiary alicyclic amines) is 1. The van der Waals surface area contributed by atoms with Crippen LogP contribution in [0.4, 0.5) is 3.89 Å². The Hall–Kier alpha value is -5.78. The summed E-state index contributed by atoms with van der Waals surface area (Å²) in [5, 5.41) is 38.7. The summed E-state index contributed by atoms with van der Waals surface area (Å²) in [6.07, 6.45) is 0.958. The van der Waals surface area contributed by atoms with Gasteiger partial charge in [0.25, 0.3) is 0 Å². The van der Waals surface area contributed by atoms with Crippen molar-refractivity contribution in [1.29, 1.82) is 0 Å². The molecule has 1 aliphatic rings. The quantitative estimate of drug-likeness (QED) is 0.0135. The molecule has 10 atom stereocenters. The number of carbonyl (C=O) groups excluding carboxylic acids is 8. The van der Waals surface area contributed by atoms with Crippen molar-refractivity contribution in [3.63, 3.8) is 0 Å². The van der Waals surface area contributed by atoms with Crippen molar-refractivity contribution in [2.75, 3.05) is 30.9 Å². The number of hydrogen-bond acceptors (Lipinski definition) is 16. The number of hydrogen-bond donors (Lipinski definition) is 12. The number of guanidine groups is 1. The molecule has 440 valence electrons. The molecular formula is C49H81FN12O13S3. The van der Waals surface area contributed by atoms with E-state index < -0.39 is 129 Å². The lowest BCUT2D eigenvalue weighted by atomic mass is 10.0. The lowest BCUT2D eigenvalue weighted by Gasteiger charge is -2.30. The first-order chi connectivity index (χ1) is 36.4. The summed E-state index contributed by atoms with van der Waals surface area (Å²) in [4.78, 5) is 127. The number of thioether (sulfide) groups is 2. The van der Waals surface area contributed by atoms with Crippen molar-refractivity contribution in [2.24, 2.45) is 39.9 Å². The van der Waals surface area contributed by atoms with Crippen molar-refractivity contribution < 1.29 is 65.7 Å². The first kappa shape index (κ1) is 68.3. The molecule has 1 aromatic rings. The number of aliphatic carboxylic acids is 1. The van der Waals surface area contributed by atoms with Gasteiger partial charge in [0.1, 0.15) is 48.3 Å². The Morgan fingerprint density at radius 3 is 1.87 bits per heavy atom. The van der Waals surface area contributed by atoms with Gasteiger partial charge in [0, 0.05) is 23.7 Å². The monoisotopic (exact) mass is 1160 g/mol. The van der Waals surface area contributed by atoms with E-state index >= 15 is 0 Å². The standard InChI is InChI=1S/C49H81FN12O13S3/c1-25(2)21-34(42(66)60-36(43(67)59-35(48(72)73)22-26(3)4)24-77-30-13-10-14-31(23-30)78(50,74)75)58-46(70)39(29(8)63)61-41(65)32(15-11-18-54-49(52)53)56-44(68)37-16-12-19-62(37)47(71)28(7)55-40(64)33(17-20-76-9)57-45(69)38(51)27(5)6/h10,13-14,23,25-29,32-39,63H,11-12,15-22,24,51H2,1-9H3,(H,55,64)(H,56,68)(H,57,69)(H,58,70)(H,59,67)(H,60,66)(H,61,65)(H,72,73)(H4,52,53,54)/t28-,29+,32-,33-,34-,35-,36-,37-,38-,39-/m0/s1. The average molecular weight is 1160 g/mol. The maximum atomic E-state index is 14.2. The third-order valence-corrected chi connectivity index (χ3v) is 14.8. The van der Waals surface area contributed by atoms with Crippen molar-refractivity contribution in [3.05, 3.63) is 24.3 Å². The molecule has 78 heavy (non-hydrogen) atoms. The van der Waals surface area contributed by atoms with Crippen LogP contribution >= 0.6 is 23.5 Å². The van der Waals surface area contributed by atoms with Crippen LogP contribution in [0.2, 0.25) is 0 Å². The summed E-state index contributed by atoms with van der Waals surface area (Å²) in [5.41, 5.74) is 17.0. The van der Waals surface area contributed by atoms with E-state index in [-0.39, 0.29) is 86.0 Å². The van der Waals surface area contributed by atoms with Crippen LogP contribution in [0.25, 0.3) is 0 Å². The molecule has 1 saturated heterocycles. The fourth-order valence-corrected chi connectivity index (χ4v) is 10.0. The number of rotatable bonds is 33. The number of carboxylic acid groups (broad SMARTS) is 1. The molecule has 0 aromatic heterocycles. The van der Waals surface area contributed by atoms with Gasteiger partial charge in [-0.1, -0.05) is 47.6 Å². The largest absolute Gasteiger partial charge is 0.480 e. The van der Waals surface area contributed by atoms with Gasteiger partial charge in [0.2, 0.25) is 47.3 Å². The number of nitrogens with zero attached hydrogens (tertiary/aromatic N) is 2. The first-order valence-corrected chi connectivity index (χ1v) is 29.5. The maximum Gasteiger partial charge on any atom is 0.332 e.